The lowest BCUT2D eigenvalue weighted by atomic mass is 10.0. The van der Waals surface area contributed by atoms with E-state index >= 15 is 0 Å². The Morgan fingerprint density at radius 2 is 1.68 bits per heavy atom. The maximum atomic E-state index is 13.5. The summed E-state index contributed by atoms with van der Waals surface area (Å²) in [5.41, 5.74) is 0. The van der Waals surface area contributed by atoms with Crippen LogP contribution in [0, 0.1) is 29.2 Å². The molecule has 1 aromatic carbocycles. The molecule has 0 radical (unpaired) electrons. The molecule has 0 saturated carbocycles. The molecular weight excluding hydrogens is 330 g/mol. The van der Waals surface area contributed by atoms with Crippen LogP contribution in [0.3, 0.4) is 0 Å². The molecule has 0 aromatic heterocycles. The zero-order valence-corrected chi connectivity index (χ0v) is 12.3. The van der Waals surface area contributed by atoms with Crippen molar-refractivity contribution in [2.45, 2.75) is 31.2 Å². The van der Waals surface area contributed by atoms with Crippen molar-refractivity contribution < 1.29 is 35.9 Å². The van der Waals surface area contributed by atoms with Crippen molar-refractivity contribution in [3.63, 3.8) is 0 Å². The molecule has 0 aliphatic rings. The molecule has 2 N–H and O–H groups in total. The van der Waals surface area contributed by atoms with Crippen LogP contribution in [-0.2, 0) is 14.8 Å². The third kappa shape index (κ3) is 3.55. The first-order valence-electron chi connectivity index (χ1n) is 6.11. The smallest absolute Gasteiger partial charge is 0.322 e. The molecular formula is C12H13F4NO4S. The lowest BCUT2D eigenvalue weighted by Gasteiger charge is -2.20. The monoisotopic (exact) mass is 343 g/mol. The van der Waals surface area contributed by atoms with Gasteiger partial charge < -0.3 is 5.11 Å². The van der Waals surface area contributed by atoms with E-state index in [1.54, 1.807) is 11.6 Å². The molecule has 0 saturated heterocycles. The SMILES string of the molecule is CC[C@H](C)[C@H](NS(=O)(=O)c1c(F)c(F)cc(F)c1F)C(=O)O. The van der Waals surface area contributed by atoms with Crippen molar-refractivity contribution in [2.24, 2.45) is 5.92 Å². The molecule has 0 heterocycles. The van der Waals surface area contributed by atoms with Gasteiger partial charge in [0.05, 0.1) is 0 Å². The second kappa shape index (κ2) is 6.61. The van der Waals surface area contributed by atoms with Crippen LogP contribution in [0.15, 0.2) is 11.0 Å². The third-order valence-electron chi connectivity index (χ3n) is 3.10. The summed E-state index contributed by atoms with van der Waals surface area (Å²) in [6.45, 7) is 2.96. The van der Waals surface area contributed by atoms with Crippen molar-refractivity contribution in [3.8, 4) is 0 Å². The largest absolute Gasteiger partial charge is 0.480 e. The molecule has 10 heteroatoms. The number of hydrogen-bond acceptors (Lipinski definition) is 3. The van der Waals surface area contributed by atoms with Crippen LogP contribution in [0.5, 0.6) is 0 Å². The zero-order chi connectivity index (χ0) is 17.2. The molecule has 0 spiro atoms. The Morgan fingerprint density at radius 3 is 2.05 bits per heavy atom. The molecule has 0 fully saturated rings. The Balaban J connectivity index is 3.40. The highest BCUT2D eigenvalue weighted by Crippen LogP contribution is 2.24. The molecule has 1 rings (SSSR count). The van der Waals surface area contributed by atoms with Gasteiger partial charge in [-0.25, -0.2) is 26.0 Å². The van der Waals surface area contributed by atoms with E-state index < -0.39 is 56.1 Å². The number of carbonyl (C=O) groups is 1. The van der Waals surface area contributed by atoms with E-state index in [-0.39, 0.29) is 12.5 Å². The standard InChI is InChI=1S/C12H13F4NO4S/c1-3-5(2)10(12(18)19)17-22(20,21)11-8(15)6(13)4-7(14)9(11)16/h4-5,10,17H,3H2,1-2H3,(H,18,19)/t5-,10-/m0/s1. The van der Waals surface area contributed by atoms with Crippen LogP contribution in [0.25, 0.3) is 0 Å². The summed E-state index contributed by atoms with van der Waals surface area (Å²) >= 11 is 0. The van der Waals surface area contributed by atoms with Crippen LogP contribution < -0.4 is 4.72 Å². The van der Waals surface area contributed by atoms with Gasteiger partial charge in [-0.3, -0.25) is 4.79 Å². The average Bonchev–Trinajstić information content (AvgIpc) is 2.41. The highest BCUT2D eigenvalue weighted by Gasteiger charge is 2.35. The van der Waals surface area contributed by atoms with E-state index in [4.69, 9.17) is 5.11 Å². The van der Waals surface area contributed by atoms with Crippen molar-refractivity contribution in [1.29, 1.82) is 0 Å². The predicted molar refractivity (Wildman–Crippen MR) is 67.5 cm³/mol. The van der Waals surface area contributed by atoms with Crippen LogP contribution in [0.4, 0.5) is 17.6 Å². The van der Waals surface area contributed by atoms with E-state index in [2.05, 4.69) is 0 Å². The van der Waals surface area contributed by atoms with Gasteiger partial charge in [-0.1, -0.05) is 20.3 Å². The van der Waals surface area contributed by atoms with Gasteiger partial charge in [0.2, 0.25) is 10.0 Å². The molecule has 22 heavy (non-hydrogen) atoms. The fourth-order valence-electron chi connectivity index (χ4n) is 1.66. The summed E-state index contributed by atoms with van der Waals surface area (Å²) in [5, 5.41) is 8.97. The first-order chi connectivity index (χ1) is 10.0. The third-order valence-corrected chi connectivity index (χ3v) is 4.56. The number of aliphatic carboxylic acids is 1. The highest BCUT2D eigenvalue weighted by molar-refractivity contribution is 7.89. The van der Waals surface area contributed by atoms with E-state index in [1.165, 1.54) is 6.92 Å². The molecule has 0 aliphatic heterocycles. The maximum Gasteiger partial charge on any atom is 0.322 e. The Hall–Kier alpha value is -1.68. The summed E-state index contributed by atoms with van der Waals surface area (Å²) in [5.74, 6) is -10.4. The minimum atomic E-state index is -5.13. The summed E-state index contributed by atoms with van der Waals surface area (Å²) in [6, 6.07) is -1.85. The Labute approximate surface area is 124 Å². The van der Waals surface area contributed by atoms with Crippen LogP contribution in [0.2, 0.25) is 0 Å². The Morgan fingerprint density at radius 1 is 1.23 bits per heavy atom. The Bertz CT molecular complexity index is 667. The predicted octanol–water partition coefficient (Wildman–Crippen LogP) is 2.02. The van der Waals surface area contributed by atoms with E-state index in [1.807, 2.05) is 0 Å². The van der Waals surface area contributed by atoms with Crippen molar-refractivity contribution in [2.75, 3.05) is 0 Å². The van der Waals surface area contributed by atoms with Gasteiger partial charge in [0, 0.05) is 6.07 Å². The normalized spacial score (nSPS) is 14.6. The second-order valence-electron chi connectivity index (χ2n) is 4.62. The number of nitrogens with one attached hydrogen (secondary N) is 1. The Kier molecular flexibility index (Phi) is 5.52. The fourth-order valence-corrected chi connectivity index (χ4v) is 3.11. The van der Waals surface area contributed by atoms with Gasteiger partial charge in [0.25, 0.3) is 0 Å². The lowest BCUT2D eigenvalue weighted by molar-refractivity contribution is -0.140. The summed E-state index contributed by atoms with van der Waals surface area (Å²) in [7, 11) is -5.13. The van der Waals surface area contributed by atoms with E-state index in [0.717, 1.165) is 0 Å². The van der Waals surface area contributed by atoms with E-state index in [9.17, 15) is 30.8 Å². The number of sulfonamides is 1. The van der Waals surface area contributed by atoms with Gasteiger partial charge in [0.15, 0.2) is 28.2 Å². The maximum absolute atomic E-state index is 13.5. The minimum absolute atomic E-state index is 0.146. The molecule has 2 atom stereocenters. The molecule has 0 aliphatic carbocycles. The number of benzene rings is 1. The van der Waals surface area contributed by atoms with Gasteiger partial charge in [-0.15, -0.1) is 0 Å². The summed E-state index contributed by atoms with van der Waals surface area (Å²) in [6.07, 6.45) is 0.238. The van der Waals surface area contributed by atoms with Crippen molar-refractivity contribution in [1.82, 2.24) is 4.72 Å². The van der Waals surface area contributed by atoms with Crippen LogP contribution in [-0.4, -0.2) is 25.5 Å². The minimum Gasteiger partial charge on any atom is -0.480 e. The molecule has 124 valence electrons. The zero-order valence-electron chi connectivity index (χ0n) is 11.5. The number of rotatable bonds is 6. The van der Waals surface area contributed by atoms with Crippen LogP contribution >= 0.6 is 0 Å². The average molecular weight is 343 g/mol. The van der Waals surface area contributed by atoms with Crippen molar-refractivity contribution in [3.05, 3.63) is 29.3 Å². The molecule has 0 bridgehead atoms. The van der Waals surface area contributed by atoms with Crippen molar-refractivity contribution >= 4 is 16.0 Å². The first kappa shape index (κ1) is 18.4. The number of halogens is 4. The quantitative estimate of drug-likeness (QED) is 0.611. The van der Waals surface area contributed by atoms with Gasteiger partial charge >= 0.3 is 5.97 Å². The molecule has 1 aromatic rings. The molecule has 0 amide bonds. The lowest BCUT2D eigenvalue weighted by Crippen LogP contribution is -2.45. The fraction of sp³-hybridized carbons (Fsp3) is 0.417. The first-order valence-corrected chi connectivity index (χ1v) is 7.59. The van der Waals surface area contributed by atoms with E-state index in [0.29, 0.717) is 0 Å². The molecule has 5 nitrogen and oxygen atoms in total. The number of carboxylic acids is 1. The van der Waals surface area contributed by atoms with Gasteiger partial charge in [-0.05, 0) is 5.92 Å². The highest BCUT2D eigenvalue weighted by atomic mass is 32.2. The summed E-state index contributed by atoms with van der Waals surface area (Å²) in [4.78, 5) is 9.16. The van der Waals surface area contributed by atoms with Crippen LogP contribution in [0.1, 0.15) is 20.3 Å². The number of carboxylic acid groups (broad SMARTS) is 1. The topological polar surface area (TPSA) is 83.5 Å². The second-order valence-corrected chi connectivity index (χ2v) is 6.27. The molecule has 0 unspecified atom stereocenters. The van der Waals surface area contributed by atoms with Gasteiger partial charge in [0.1, 0.15) is 6.04 Å². The summed E-state index contributed by atoms with van der Waals surface area (Å²) < 4.78 is 78.6. The van der Waals surface area contributed by atoms with Gasteiger partial charge in [-0.2, -0.15) is 4.72 Å². The number of hydrogen-bond donors (Lipinski definition) is 2.